The smallest absolute Gasteiger partial charge is 0.0208 e. The highest BCUT2D eigenvalue weighted by atomic mass is 79.9. The number of rotatable bonds is 6. The number of hydrogen-bond acceptors (Lipinski definition) is 1. The summed E-state index contributed by atoms with van der Waals surface area (Å²) in [5, 5.41) is 4.58. The molecule has 1 aromatic rings. The topological polar surface area (TPSA) is 12.0 Å². The summed E-state index contributed by atoms with van der Waals surface area (Å²) < 4.78 is 0. The van der Waals surface area contributed by atoms with Crippen LogP contribution in [0.1, 0.15) is 25.3 Å². The van der Waals surface area contributed by atoms with Crippen molar-refractivity contribution in [1.82, 2.24) is 5.32 Å². The predicted molar refractivity (Wildman–Crippen MR) is 65.8 cm³/mol. The molecular formula is C12H18BrN. The van der Waals surface area contributed by atoms with E-state index in [1.54, 1.807) is 0 Å². The van der Waals surface area contributed by atoms with Crippen LogP contribution in [0, 0.1) is 0 Å². The van der Waals surface area contributed by atoms with E-state index in [1.165, 1.54) is 18.4 Å². The van der Waals surface area contributed by atoms with Crippen LogP contribution in [0.5, 0.6) is 0 Å². The second kappa shape index (κ2) is 7.02. The highest BCUT2D eigenvalue weighted by molar-refractivity contribution is 9.09. The summed E-state index contributed by atoms with van der Waals surface area (Å²) in [6.07, 6.45) is 2.47. The summed E-state index contributed by atoms with van der Waals surface area (Å²) >= 11 is 3.53. The Morgan fingerprint density at radius 3 is 2.57 bits per heavy atom. The van der Waals surface area contributed by atoms with Gasteiger partial charge in [-0.05, 0) is 12.0 Å². The summed E-state index contributed by atoms with van der Waals surface area (Å²) in [6.45, 7) is 3.19. The number of halogens is 1. The minimum absolute atomic E-state index is 0.597. The van der Waals surface area contributed by atoms with Crippen LogP contribution in [-0.2, 0) is 6.54 Å². The Morgan fingerprint density at radius 1 is 1.29 bits per heavy atom. The van der Waals surface area contributed by atoms with E-state index in [-0.39, 0.29) is 0 Å². The number of alkyl halides is 1. The lowest BCUT2D eigenvalue weighted by Gasteiger charge is -2.14. The summed E-state index contributed by atoms with van der Waals surface area (Å²) in [6, 6.07) is 11.1. The van der Waals surface area contributed by atoms with Crippen molar-refractivity contribution in [3.8, 4) is 0 Å². The van der Waals surface area contributed by atoms with Crippen molar-refractivity contribution >= 4 is 15.9 Å². The van der Waals surface area contributed by atoms with Crippen LogP contribution >= 0.6 is 15.9 Å². The molecule has 1 unspecified atom stereocenters. The maximum atomic E-state index is 3.54. The van der Waals surface area contributed by atoms with Crippen LogP contribution in [-0.4, -0.2) is 11.4 Å². The number of nitrogens with one attached hydrogen (secondary N) is 1. The van der Waals surface area contributed by atoms with Gasteiger partial charge in [0.25, 0.3) is 0 Å². The van der Waals surface area contributed by atoms with Gasteiger partial charge < -0.3 is 5.32 Å². The lowest BCUT2D eigenvalue weighted by Crippen LogP contribution is -2.29. The lowest BCUT2D eigenvalue weighted by atomic mass is 10.1. The van der Waals surface area contributed by atoms with Gasteiger partial charge in [-0.1, -0.05) is 59.6 Å². The van der Waals surface area contributed by atoms with Crippen LogP contribution in [0.2, 0.25) is 0 Å². The van der Waals surface area contributed by atoms with E-state index in [4.69, 9.17) is 0 Å². The molecule has 1 aromatic carbocycles. The summed E-state index contributed by atoms with van der Waals surface area (Å²) in [5.74, 6) is 0. The molecule has 1 nitrogen and oxygen atoms in total. The third-order valence-corrected chi connectivity index (χ3v) is 3.04. The van der Waals surface area contributed by atoms with E-state index < -0.39 is 0 Å². The molecule has 14 heavy (non-hydrogen) atoms. The largest absolute Gasteiger partial charge is 0.309 e. The van der Waals surface area contributed by atoms with Crippen molar-refractivity contribution in [3.05, 3.63) is 35.9 Å². The molecule has 0 radical (unpaired) electrons. The van der Waals surface area contributed by atoms with Gasteiger partial charge in [0.15, 0.2) is 0 Å². The first kappa shape index (κ1) is 11.7. The Morgan fingerprint density at radius 2 is 2.00 bits per heavy atom. The van der Waals surface area contributed by atoms with Gasteiger partial charge in [0.2, 0.25) is 0 Å². The zero-order valence-corrected chi connectivity index (χ0v) is 10.3. The van der Waals surface area contributed by atoms with Gasteiger partial charge in [0.1, 0.15) is 0 Å². The molecular weight excluding hydrogens is 238 g/mol. The monoisotopic (exact) mass is 255 g/mol. The molecule has 1 N–H and O–H groups in total. The van der Waals surface area contributed by atoms with Crippen molar-refractivity contribution in [2.75, 3.05) is 5.33 Å². The average Bonchev–Trinajstić information content (AvgIpc) is 2.25. The first-order valence-corrected chi connectivity index (χ1v) is 6.32. The highest BCUT2D eigenvalue weighted by Gasteiger charge is 2.03. The number of benzene rings is 1. The third kappa shape index (κ3) is 4.25. The Kier molecular flexibility index (Phi) is 5.88. The molecule has 1 rings (SSSR count). The molecule has 0 saturated carbocycles. The molecule has 1 atom stereocenters. The van der Waals surface area contributed by atoms with Gasteiger partial charge >= 0.3 is 0 Å². The second-order valence-electron chi connectivity index (χ2n) is 3.51. The number of hydrogen-bond donors (Lipinski definition) is 1. The predicted octanol–water partition coefficient (Wildman–Crippen LogP) is 3.34. The Hall–Kier alpha value is -0.340. The molecule has 0 aromatic heterocycles. The molecule has 0 bridgehead atoms. The Balaban J connectivity index is 2.32. The maximum absolute atomic E-state index is 3.54. The summed E-state index contributed by atoms with van der Waals surface area (Å²) in [7, 11) is 0. The minimum atomic E-state index is 0.597. The van der Waals surface area contributed by atoms with Crippen molar-refractivity contribution in [3.63, 3.8) is 0 Å². The van der Waals surface area contributed by atoms with E-state index >= 15 is 0 Å². The molecule has 2 heteroatoms. The van der Waals surface area contributed by atoms with Gasteiger partial charge in [0, 0.05) is 17.9 Å². The first-order chi connectivity index (χ1) is 6.86. The Labute approximate surface area is 95.0 Å². The molecule has 0 aliphatic rings. The van der Waals surface area contributed by atoms with Gasteiger partial charge in [-0.2, -0.15) is 0 Å². The molecule has 0 aliphatic heterocycles. The zero-order chi connectivity index (χ0) is 10.2. The van der Waals surface area contributed by atoms with E-state index in [1.807, 2.05) is 0 Å². The van der Waals surface area contributed by atoms with E-state index in [0.29, 0.717) is 6.04 Å². The molecule has 0 amide bonds. The molecule has 0 spiro atoms. The lowest BCUT2D eigenvalue weighted by molar-refractivity contribution is 0.517. The zero-order valence-electron chi connectivity index (χ0n) is 8.67. The normalized spacial score (nSPS) is 12.7. The van der Waals surface area contributed by atoms with Crippen molar-refractivity contribution in [2.24, 2.45) is 0 Å². The van der Waals surface area contributed by atoms with Crippen molar-refractivity contribution < 1.29 is 0 Å². The average molecular weight is 256 g/mol. The Bertz CT molecular complexity index is 235. The fourth-order valence-corrected chi connectivity index (χ4v) is 1.99. The van der Waals surface area contributed by atoms with E-state index in [2.05, 4.69) is 58.5 Å². The molecule has 0 heterocycles. The standard InChI is InChI=1S/C12H18BrN/c1-2-6-12(9-13)14-10-11-7-4-3-5-8-11/h3-5,7-8,12,14H,2,6,9-10H2,1H3. The van der Waals surface area contributed by atoms with Crippen LogP contribution in [0.4, 0.5) is 0 Å². The quantitative estimate of drug-likeness (QED) is 0.770. The van der Waals surface area contributed by atoms with Crippen LogP contribution in [0.15, 0.2) is 30.3 Å². The van der Waals surface area contributed by atoms with Crippen LogP contribution in [0.3, 0.4) is 0 Å². The van der Waals surface area contributed by atoms with Gasteiger partial charge in [0.05, 0.1) is 0 Å². The highest BCUT2D eigenvalue weighted by Crippen LogP contribution is 2.03. The molecule has 0 saturated heterocycles. The molecule has 78 valence electrons. The van der Waals surface area contributed by atoms with Gasteiger partial charge in [-0.3, -0.25) is 0 Å². The minimum Gasteiger partial charge on any atom is -0.309 e. The van der Waals surface area contributed by atoms with E-state index in [0.717, 1.165) is 11.9 Å². The van der Waals surface area contributed by atoms with Crippen LogP contribution < -0.4 is 5.32 Å². The van der Waals surface area contributed by atoms with Gasteiger partial charge in [-0.25, -0.2) is 0 Å². The molecule has 0 aliphatic carbocycles. The fraction of sp³-hybridized carbons (Fsp3) is 0.500. The summed E-state index contributed by atoms with van der Waals surface area (Å²) in [5.41, 5.74) is 1.36. The fourth-order valence-electron chi connectivity index (χ4n) is 1.44. The van der Waals surface area contributed by atoms with Crippen molar-refractivity contribution in [1.29, 1.82) is 0 Å². The SMILES string of the molecule is CCCC(CBr)NCc1ccccc1. The third-order valence-electron chi connectivity index (χ3n) is 2.26. The van der Waals surface area contributed by atoms with Crippen LogP contribution in [0.25, 0.3) is 0 Å². The van der Waals surface area contributed by atoms with E-state index in [9.17, 15) is 0 Å². The summed E-state index contributed by atoms with van der Waals surface area (Å²) in [4.78, 5) is 0. The first-order valence-electron chi connectivity index (χ1n) is 5.20. The van der Waals surface area contributed by atoms with Crippen molar-refractivity contribution in [2.45, 2.75) is 32.4 Å². The second-order valence-corrected chi connectivity index (χ2v) is 4.15. The maximum Gasteiger partial charge on any atom is 0.0208 e. The molecule has 0 fully saturated rings. The van der Waals surface area contributed by atoms with Gasteiger partial charge in [-0.15, -0.1) is 0 Å².